The van der Waals surface area contributed by atoms with Crippen LogP contribution in [0.3, 0.4) is 0 Å². The first-order chi connectivity index (χ1) is 17.7. The van der Waals surface area contributed by atoms with E-state index in [-0.39, 0.29) is 42.3 Å². The second-order valence-electron chi connectivity index (χ2n) is 10.4. The molecule has 198 valence electrons. The van der Waals surface area contributed by atoms with Gasteiger partial charge in [0.1, 0.15) is 0 Å². The summed E-state index contributed by atoms with van der Waals surface area (Å²) >= 11 is 0. The van der Waals surface area contributed by atoms with Gasteiger partial charge in [0.05, 0.1) is 5.92 Å². The minimum Gasteiger partial charge on any atom is -0.347 e. The Bertz CT molecular complexity index is 1320. The van der Waals surface area contributed by atoms with Crippen molar-refractivity contribution < 1.29 is 18.0 Å². The first-order valence-electron chi connectivity index (χ1n) is 13.0. The molecule has 2 fully saturated rings. The summed E-state index contributed by atoms with van der Waals surface area (Å²) in [5.41, 5.74) is 2.66. The Morgan fingerprint density at radius 2 is 1.95 bits per heavy atom. The predicted octanol–water partition coefficient (Wildman–Crippen LogP) is 4.57. The molecule has 1 N–H and O–H groups in total. The number of halogens is 3. The lowest BCUT2D eigenvalue weighted by molar-refractivity contribution is -0.138. The molecule has 9 heteroatoms. The van der Waals surface area contributed by atoms with E-state index in [1.165, 1.54) is 4.57 Å². The number of nitrogens with one attached hydrogen (secondary N) is 1. The van der Waals surface area contributed by atoms with Crippen molar-refractivity contribution in [3.05, 3.63) is 70.3 Å². The number of carbonyl (C=O) groups excluding carboxylic acids is 1. The van der Waals surface area contributed by atoms with Gasteiger partial charge in [-0.15, -0.1) is 0 Å². The van der Waals surface area contributed by atoms with E-state index in [4.69, 9.17) is 0 Å². The Balaban J connectivity index is 1.40. The van der Waals surface area contributed by atoms with Gasteiger partial charge < -0.3 is 19.4 Å². The maximum atomic E-state index is 14.0. The van der Waals surface area contributed by atoms with E-state index in [1.54, 1.807) is 19.3 Å². The lowest BCUT2D eigenvalue weighted by atomic mass is 9.80. The number of aromatic nitrogens is 2. The molecule has 0 bridgehead atoms. The lowest BCUT2D eigenvalue weighted by Gasteiger charge is -2.35. The summed E-state index contributed by atoms with van der Waals surface area (Å²) in [6.45, 7) is 2.05. The van der Waals surface area contributed by atoms with Crippen LogP contribution in [0.1, 0.15) is 49.1 Å². The molecule has 3 heterocycles. The summed E-state index contributed by atoms with van der Waals surface area (Å²) in [5.74, 6) is -0.233. The number of hydrogen-bond donors (Lipinski definition) is 1. The number of piperidine rings is 1. The molecule has 6 nitrogen and oxygen atoms in total. The van der Waals surface area contributed by atoms with E-state index in [1.807, 2.05) is 46.0 Å². The molecule has 1 unspecified atom stereocenters. The number of fused-ring (bicyclic) bond motifs is 1. The predicted molar refractivity (Wildman–Crippen MR) is 136 cm³/mol. The highest BCUT2D eigenvalue weighted by atomic mass is 19.4. The van der Waals surface area contributed by atoms with Gasteiger partial charge in [0, 0.05) is 68.5 Å². The Morgan fingerprint density at radius 3 is 2.68 bits per heavy atom. The number of nitrogens with zero attached hydrogens (tertiary/aromatic N) is 3. The number of para-hydroxylation sites is 1. The first kappa shape index (κ1) is 25.6. The number of pyridine rings is 1. The Kier molecular flexibility index (Phi) is 7.16. The average Bonchev–Trinajstić information content (AvgIpc) is 3.66. The zero-order valence-corrected chi connectivity index (χ0v) is 21.0. The van der Waals surface area contributed by atoms with E-state index in [0.717, 1.165) is 47.8 Å². The SMILES string of the molecule is Cn1ccc(C2CCNC[C@@H]2C(=O)N(Cc2cn(CCCC(F)(F)F)c3ccccc23)C2CC2)cc1=O. The molecule has 1 amide bonds. The van der Waals surface area contributed by atoms with Crippen LogP contribution < -0.4 is 10.9 Å². The molecule has 2 atom stereocenters. The van der Waals surface area contributed by atoms with Crippen molar-refractivity contribution in [1.82, 2.24) is 19.4 Å². The van der Waals surface area contributed by atoms with Gasteiger partial charge in [-0.25, -0.2) is 0 Å². The Hall–Kier alpha value is -3.07. The van der Waals surface area contributed by atoms with Gasteiger partial charge in [-0.2, -0.15) is 13.2 Å². The van der Waals surface area contributed by atoms with E-state index in [0.29, 0.717) is 13.1 Å². The van der Waals surface area contributed by atoms with Crippen LogP contribution in [-0.4, -0.2) is 45.2 Å². The third-order valence-electron chi connectivity index (χ3n) is 7.70. The van der Waals surface area contributed by atoms with Crippen molar-refractivity contribution in [2.45, 2.75) is 63.3 Å². The van der Waals surface area contributed by atoms with E-state index in [2.05, 4.69) is 5.32 Å². The smallest absolute Gasteiger partial charge is 0.347 e. The van der Waals surface area contributed by atoms with Gasteiger partial charge in [-0.3, -0.25) is 9.59 Å². The molecular weight excluding hydrogens is 481 g/mol. The quantitative estimate of drug-likeness (QED) is 0.479. The van der Waals surface area contributed by atoms with E-state index < -0.39 is 12.6 Å². The van der Waals surface area contributed by atoms with Crippen molar-refractivity contribution in [2.75, 3.05) is 13.1 Å². The molecule has 0 spiro atoms. The molecule has 2 aliphatic rings. The van der Waals surface area contributed by atoms with Gasteiger partial charge in [-0.1, -0.05) is 18.2 Å². The monoisotopic (exact) mass is 514 g/mol. The zero-order valence-electron chi connectivity index (χ0n) is 21.0. The molecule has 1 saturated heterocycles. The standard InChI is InChI=1S/C28H33F3N4O2/c1-33-14-10-19(15-26(33)36)22-9-12-32-16-24(22)27(37)35(21-7-8-21)18-20-17-34(13-4-11-28(29,30)31)25-6-3-2-5-23(20)25/h2-3,5-6,10,14-15,17,21-22,24,32H,4,7-9,11-13,16,18H2,1H3/t22?,24-/m0/s1. The first-order valence-corrected chi connectivity index (χ1v) is 13.0. The molecule has 3 aromatic rings. The van der Waals surface area contributed by atoms with Crippen LogP contribution in [0.2, 0.25) is 0 Å². The summed E-state index contributed by atoms with van der Waals surface area (Å²) in [5, 5.41) is 4.33. The molecule has 1 aliphatic carbocycles. The van der Waals surface area contributed by atoms with Gasteiger partial charge in [0.15, 0.2) is 0 Å². The number of carbonyl (C=O) groups is 1. The number of amides is 1. The van der Waals surface area contributed by atoms with Crippen LogP contribution in [0.15, 0.2) is 53.6 Å². The van der Waals surface area contributed by atoms with Crippen LogP contribution >= 0.6 is 0 Å². The van der Waals surface area contributed by atoms with Gasteiger partial charge in [0.25, 0.3) is 5.56 Å². The highest BCUT2D eigenvalue weighted by Crippen LogP contribution is 2.37. The van der Waals surface area contributed by atoms with Crippen molar-refractivity contribution in [3.63, 3.8) is 0 Å². The molecule has 37 heavy (non-hydrogen) atoms. The van der Waals surface area contributed by atoms with E-state index in [9.17, 15) is 22.8 Å². The van der Waals surface area contributed by atoms with E-state index >= 15 is 0 Å². The lowest BCUT2D eigenvalue weighted by Crippen LogP contribution is -2.47. The molecule has 1 aliphatic heterocycles. The number of alkyl halides is 3. The number of hydrogen-bond acceptors (Lipinski definition) is 3. The van der Waals surface area contributed by atoms with Gasteiger partial charge >= 0.3 is 6.18 Å². The van der Waals surface area contributed by atoms with Crippen LogP contribution in [0.5, 0.6) is 0 Å². The third-order valence-corrected chi connectivity index (χ3v) is 7.70. The minimum atomic E-state index is -4.17. The van der Waals surface area contributed by atoms with Gasteiger partial charge in [-0.05, 0) is 61.4 Å². The van der Waals surface area contributed by atoms with Crippen LogP contribution in [0.25, 0.3) is 10.9 Å². The number of aryl methyl sites for hydroxylation is 2. The highest BCUT2D eigenvalue weighted by molar-refractivity contribution is 5.85. The number of rotatable bonds is 8. The number of benzene rings is 1. The van der Waals surface area contributed by atoms with Crippen molar-refractivity contribution in [2.24, 2.45) is 13.0 Å². The minimum absolute atomic E-state index is 0.0127. The summed E-state index contributed by atoms with van der Waals surface area (Å²) in [6.07, 6.45) is 1.38. The van der Waals surface area contributed by atoms with Crippen molar-refractivity contribution >= 4 is 16.8 Å². The van der Waals surface area contributed by atoms with Crippen LogP contribution in [-0.2, 0) is 24.9 Å². The van der Waals surface area contributed by atoms with Crippen molar-refractivity contribution in [1.29, 1.82) is 0 Å². The van der Waals surface area contributed by atoms with Gasteiger partial charge in [0.2, 0.25) is 5.91 Å². The summed E-state index contributed by atoms with van der Waals surface area (Å²) in [7, 11) is 1.71. The average molecular weight is 515 g/mol. The fraction of sp³-hybridized carbons (Fsp3) is 0.500. The molecule has 5 rings (SSSR count). The molecule has 2 aromatic heterocycles. The van der Waals surface area contributed by atoms with Crippen LogP contribution in [0.4, 0.5) is 13.2 Å². The normalized spacial score (nSPS) is 20.3. The molecule has 1 saturated carbocycles. The Morgan fingerprint density at radius 1 is 1.16 bits per heavy atom. The second kappa shape index (κ2) is 10.4. The zero-order chi connectivity index (χ0) is 26.2. The maximum Gasteiger partial charge on any atom is 0.389 e. The third kappa shape index (κ3) is 5.76. The second-order valence-corrected chi connectivity index (χ2v) is 10.4. The summed E-state index contributed by atoms with van der Waals surface area (Å²) < 4.78 is 41.6. The highest BCUT2D eigenvalue weighted by Gasteiger charge is 2.40. The fourth-order valence-corrected chi connectivity index (χ4v) is 5.56. The fourth-order valence-electron chi connectivity index (χ4n) is 5.56. The molecular formula is C28H33F3N4O2. The topological polar surface area (TPSA) is 59.3 Å². The summed E-state index contributed by atoms with van der Waals surface area (Å²) in [6, 6.07) is 11.5. The largest absolute Gasteiger partial charge is 0.389 e. The molecule has 0 radical (unpaired) electrons. The van der Waals surface area contributed by atoms with Crippen molar-refractivity contribution in [3.8, 4) is 0 Å². The summed E-state index contributed by atoms with van der Waals surface area (Å²) in [4.78, 5) is 28.3. The maximum absolute atomic E-state index is 14.0. The molecule has 1 aromatic carbocycles. The van der Waals surface area contributed by atoms with Crippen LogP contribution in [0, 0.1) is 5.92 Å². The Labute approximate surface area is 214 Å².